The minimum absolute atomic E-state index is 0.127. The van der Waals surface area contributed by atoms with Crippen LogP contribution in [-0.2, 0) is 0 Å². The van der Waals surface area contributed by atoms with Gasteiger partial charge in [0, 0.05) is 23.5 Å². The van der Waals surface area contributed by atoms with Crippen LogP contribution in [0.2, 0.25) is 0 Å². The van der Waals surface area contributed by atoms with Gasteiger partial charge in [-0.15, -0.1) is 0 Å². The maximum absolute atomic E-state index is 10.7. The zero-order valence-corrected chi connectivity index (χ0v) is 27.7. The number of nitriles is 4. The van der Waals surface area contributed by atoms with Crippen LogP contribution in [0.3, 0.4) is 0 Å². The molecule has 0 saturated carbocycles. The lowest BCUT2D eigenvalue weighted by Crippen LogP contribution is -1.97. The number of fused-ring (bicyclic) bond motifs is 2. The lowest BCUT2D eigenvalue weighted by molar-refractivity contribution is 1.26. The summed E-state index contributed by atoms with van der Waals surface area (Å²) in [5, 5.41) is 40.4. The van der Waals surface area contributed by atoms with E-state index < -0.39 is 0 Å². The van der Waals surface area contributed by atoms with Crippen LogP contribution in [0.4, 0.5) is 11.4 Å². The molecule has 0 N–H and O–H groups in total. The van der Waals surface area contributed by atoms with Crippen molar-refractivity contribution in [3.63, 3.8) is 0 Å². The summed E-state index contributed by atoms with van der Waals surface area (Å²) in [5.41, 5.74) is 7.18. The molecule has 10 heteroatoms. The minimum atomic E-state index is 0.127. The second-order valence-electron chi connectivity index (χ2n) is 11.7. The Bertz CT molecular complexity index is 2790. The Morgan fingerprint density at radius 1 is 0.556 bits per heavy atom. The van der Waals surface area contributed by atoms with Crippen molar-refractivity contribution in [3.05, 3.63) is 199 Å². The van der Waals surface area contributed by atoms with Gasteiger partial charge in [0.15, 0.2) is 5.69 Å². The van der Waals surface area contributed by atoms with Gasteiger partial charge in [-0.05, 0) is 87.0 Å². The maximum Gasteiger partial charge on any atom is 0.219 e. The van der Waals surface area contributed by atoms with Gasteiger partial charge in [-0.1, -0.05) is 42.5 Å². The first kappa shape index (κ1) is 33.3. The quantitative estimate of drug-likeness (QED) is 0.136. The molecule has 54 heavy (non-hydrogen) atoms. The highest BCUT2D eigenvalue weighted by molar-refractivity contribution is 6.32. The third-order valence-electron chi connectivity index (χ3n) is 8.97. The molecule has 0 aliphatic heterocycles. The minimum Gasteiger partial charge on any atom is -0.267 e. The van der Waals surface area contributed by atoms with Crippen LogP contribution in [0.25, 0.3) is 64.2 Å². The molecule has 0 saturated heterocycles. The molecule has 5 aromatic rings. The fourth-order valence-electron chi connectivity index (χ4n) is 6.66. The van der Waals surface area contributed by atoms with Crippen LogP contribution < -0.4 is 0 Å². The predicted octanol–water partition coefficient (Wildman–Crippen LogP) is 9.79. The molecule has 242 valence electrons. The highest BCUT2D eigenvalue weighted by Gasteiger charge is 2.34. The van der Waals surface area contributed by atoms with Crippen molar-refractivity contribution in [2.24, 2.45) is 0 Å². The number of benzene rings is 3. The number of allylic oxidation sites excluding steroid dienone is 6. The van der Waals surface area contributed by atoms with Gasteiger partial charge in [0.25, 0.3) is 0 Å². The summed E-state index contributed by atoms with van der Waals surface area (Å²) in [5.74, 6) is 0. The van der Waals surface area contributed by atoms with Crippen molar-refractivity contribution in [2.75, 3.05) is 0 Å². The lowest BCUT2D eigenvalue weighted by atomic mass is 9.88. The molecule has 2 aliphatic carbocycles. The zero-order chi connectivity index (χ0) is 37.9. The molecule has 10 nitrogen and oxygen atoms in total. The second-order valence-corrected chi connectivity index (χ2v) is 11.7. The monoisotopic (exact) mass is 684 g/mol. The second kappa shape index (κ2) is 13.6. The lowest BCUT2D eigenvalue weighted by Gasteiger charge is -2.15. The van der Waals surface area contributed by atoms with E-state index in [1.165, 1.54) is 12.4 Å². The summed E-state index contributed by atoms with van der Waals surface area (Å²) < 4.78 is 0. The van der Waals surface area contributed by atoms with E-state index in [4.69, 9.17) is 26.3 Å². The Morgan fingerprint density at radius 2 is 1.22 bits per heavy atom. The van der Waals surface area contributed by atoms with E-state index in [-0.39, 0.29) is 39.6 Å². The van der Waals surface area contributed by atoms with Crippen LogP contribution in [0, 0.1) is 71.6 Å². The first-order chi connectivity index (χ1) is 26.4. The summed E-state index contributed by atoms with van der Waals surface area (Å²) in [6.45, 7) is 31.6. The molecule has 2 heterocycles. The maximum atomic E-state index is 10.7. The number of hydrogen-bond donors (Lipinski definition) is 0. The van der Waals surface area contributed by atoms with Crippen molar-refractivity contribution in [1.29, 1.82) is 21.0 Å². The molecule has 0 unspecified atom stereocenters. The van der Waals surface area contributed by atoms with Crippen LogP contribution in [-0.4, -0.2) is 9.97 Å². The molecule has 0 radical (unpaired) electrons. The summed E-state index contributed by atoms with van der Waals surface area (Å²) >= 11 is 0. The van der Waals surface area contributed by atoms with Gasteiger partial charge in [0.2, 0.25) is 17.1 Å². The van der Waals surface area contributed by atoms with Gasteiger partial charge in [0.1, 0.15) is 18.2 Å². The topological polar surface area (TPSA) is 138 Å². The number of rotatable bonds is 4. The Kier molecular flexibility index (Phi) is 8.41. The van der Waals surface area contributed by atoms with Gasteiger partial charge >= 0.3 is 0 Å². The Balaban J connectivity index is 1.54. The molecule has 0 fully saturated rings. The fraction of sp³-hybridized carbons (Fsp3) is 0. The average Bonchev–Trinajstić information content (AvgIpc) is 3.73. The first-order valence-electron chi connectivity index (χ1n) is 15.8. The molecule has 3 aromatic carbocycles. The molecule has 0 amide bonds. The molecule has 0 bridgehead atoms. The molecule has 0 spiro atoms. The Hall–Kier alpha value is -9.16. The highest BCUT2D eigenvalue weighted by Crippen LogP contribution is 2.53. The van der Waals surface area contributed by atoms with E-state index in [9.17, 15) is 21.0 Å². The number of aromatic nitrogens is 2. The van der Waals surface area contributed by atoms with Crippen molar-refractivity contribution in [2.45, 2.75) is 0 Å². The molecule has 2 aliphatic rings. The number of hydrogen-bond acceptors (Lipinski definition) is 6. The third-order valence-corrected chi connectivity index (χ3v) is 8.97. The first-order valence-corrected chi connectivity index (χ1v) is 15.8. The average molecular weight is 685 g/mol. The van der Waals surface area contributed by atoms with Crippen molar-refractivity contribution < 1.29 is 0 Å². The third kappa shape index (κ3) is 5.31. The molecule has 0 atom stereocenters. The van der Waals surface area contributed by atoms with Crippen LogP contribution in [0.15, 0.2) is 97.3 Å². The van der Waals surface area contributed by atoms with E-state index >= 15 is 0 Å². The largest absolute Gasteiger partial charge is 0.267 e. The van der Waals surface area contributed by atoms with E-state index in [1.807, 2.05) is 6.07 Å². The normalized spacial score (nSPS) is 14.1. The van der Waals surface area contributed by atoms with Crippen LogP contribution >= 0.6 is 0 Å². The molecule has 7 rings (SSSR count). The Labute approximate surface area is 309 Å². The zero-order valence-electron chi connectivity index (χ0n) is 27.7. The van der Waals surface area contributed by atoms with Gasteiger partial charge in [-0.25, -0.2) is 19.4 Å². The highest BCUT2D eigenvalue weighted by atomic mass is 14.8. The summed E-state index contributed by atoms with van der Waals surface area (Å²) in [7, 11) is 0. The molecule has 2 aromatic heterocycles. The Morgan fingerprint density at radius 3 is 1.83 bits per heavy atom. The smallest absolute Gasteiger partial charge is 0.219 e. The predicted molar refractivity (Wildman–Crippen MR) is 201 cm³/mol. The summed E-state index contributed by atoms with van der Waals surface area (Å²) in [4.78, 5) is 23.6. The van der Waals surface area contributed by atoms with Gasteiger partial charge < -0.3 is 0 Å². The van der Waals surface area contributed by atoms with E-state index in [1.54, 1.807) is 84.9 Å². The van der Waals surface area contributed by atoms with Gasteiger partial charge in [-0.3, -0.25) is 9.97 Å². The molecular formula is C44H16N10. The van der Waals surface area contributed by atoms with Gasteiger partial charge in [-0.2, -0.15) is 21.0 Å². The van der Waals surface area contributed by atoms with Gasteiger partial charge in [0.05, 0.1) is 66.0 Å². The number of nitrogens with zero attached hydrogens (tertiary/aromatic N) is 10. The summed E-state index contributed by atoms with van der Waals surface area (Å²) in [6, 6.07) is 31.9. The van der Waals surface area contributed by atoms with E-state index in [2.05, 4.69) is 47.6 Å². The van der Waals surface area contributed by atoms with E-state index in [0.717, 1.165) is 0 Å². The van der Waals surface area contributed by atoms with Crippen molar-refractivity contribution in [3.8, 4) is 24.3 Å². The van der Waals surface area contributed by atoms with Crippen LogP contribution in [0.1, 0.15) is 55.9 Å². The fourth-order valence-corrected chi connectivity index (χ4v) is 6.66. The van der Waals surface area contributed by atoms with E-state index in [0.29, 0.717) is 72.5 Å². The molecular weight excluding hydrogens is 669 g/mol. The van der Waals surface area contributed by atoms with Crippen molar-refractivity contribution in [1.82, 2.24) is 9.97 Å². The van der Waals surface area contributed by atoms with Crippen molar-refractivity contribution >= 4 is 56.2 Å². The van der Waals surface area contributed by atoms with Crippen LogP contribution in [0.5, 0.6) is 0 Å². The number of pyridine rings is 2. The standard InChI is InChI=1S/C44H16N10/c1-49-29-10-13-31-33(18-29)35(21-47)39(41(31)36(22-48)37-15-11-30(50-2)24-54-37)27-6-5-7-28(17-27)40-42(44(52-4)38-14-9-26(20-46)23-53-38)32-12-8-25(19-45)16-34(32)43(40)51-3/h5-18,23-24H/b41-36+,44-42-. The SMILES string of the molecule is [C-]#[N+]C1=C(c2cccc(C3=C(C#N)c4cc([N+]#[C-])ccc4/C3=C(/C#N)c3ccc([N+]#[C-])cn3)c2)/C(=C(\[N+]#[C-])c2ccc(C#N)cn2)c2ccc(C#N)cc21. The summed E-state index contributed by atoms with van der Waals surface area (Å²) in [6.07, 6.45) is 2.74.